The molecule has 1 atom stereocenters. The minimum atomic E-state index is -3.77. The fourth-order valence-corrected chi connectivity index (χ4v) is 5.27. The number of aryl methyl sites for hydroxylation is 1. The van der Waals surface area contributed by atoms with Gasteiger partial charge in [0.15, 0.2) is 5.82 Å². The summed E-state index contributed by atoms with van der Waals surface area (Å²) in [6.07, 6.45) is 4.67. The van der Waals surface area contributed by atoms with Crippen molar-refractivity contribution in [1.29, 1.82) is 0 Å². The molecule has 2 aliphatic heterocycles. The van der Waals surface area contributed by atoms with Crippen molar-refractivity contribution in [3.8, 4) is 0 Å². The summed E-state index contributed by atoms with van der Waals surface area (Å²) >= 11 is 12.1. The molecule has 146 valence electrons. The van der Waals surface area contributed by atoms with Gasteiger partial charge in [0.05, 0.1) is 10.9 Å². The van der Waals surface area contributed by atoms with Crippen LogP contribution in [0.4, 0.5) is 0 Å². The van der Waals surface area contributed by atoms with Gasteiger partial charge in [-0.25, -0.2) is 13.4 Å². The molecule has 1 aromatic carbocycles. The van der Waals surface area contributed by atoms with E-state index in [1.807, 2.05) is 0 Å². The highest BCUT2D eigenvalue weighted by atomic mass is 35.5. The van der Waals surface area contributed by atoms with Gasteiger partial charge in [0.1, 0.15) is 10.8 Å². The quantitative estimate of drug-likeness (QED) is 0.723. The number of halogens is 2. The van der Waals surface area contributed by atoms with E-state index in [0.717, 1.165) is 0 Å². The van der Waals surface area contributed by atoms with E-state index >= 15 is 0 Å². The van der Waals surface area contributed by atoms with Gasteiger partial charge in [0.25, 0.3) is 5.91 Å². The summed E-state index contributed by atoms with van der Waals surface area (Å²) < 4.78 is 32.2. The van der Waals surface area contributed by atoms with Crippen LogP contribution in [0, 0.1) is 6.92 Å². The molecule has 1 fully saturated rings. The summed E-state index contributed by atoms with van der Waals surface area (Å²) in [6, 6.07) is 2.88. The number of hydrogen-bond acceptors (Lipinski definition) is 6. The Balaban J connectivity index is 1.49. The molecule has 0 saturated carbocycles. The third-order valence-corrected chi connectivity index (χ3v) is 7.32. The zero-order valence-corrected chi connectivity index (χ0v) is 16.9. The normalized spacial score (nSPS) is 20.5. The largest absolute Gasteiger partial charge is 0.339 e. The van der Waals surface area contributed by atoms with Crippen LogP contribution in [0.1, 0.15) is 29.1 Å². The molecule has 1 saturated heterocycles. The van der Waals surface area contributed by atoms with Crippen molar-refractivity contribution in [3.63, 3.8) is 0 Å². The van der Waals surface area contributed by atoms with Crippen molar-refractivity contribution in [2.45, 2.75) is 23.7 Å². The van der Waals surface area contributed by atoms with Crippen molar-refractivity contribution in [3.05, 3.63) is 51.6 Å². The van der Waals surface area contributed by atoms with Crippen molar-refractivity contribution in [2.75, 3.05) is 13.1 Å². The lowest BCUT2D eigenvalue weighted by Crippen LogP contribution is -2.48. The Hall–Kier alpha value is -2.07. The van der Waals surface area contributed by atoms with Gasteiger partial charge in [-0.05, 0) is 30.7 Å². The first-order chi connectivity index (χ1) is 13.3. The predicted octanol–water partition coefficient (Wildman–Crippen LogP) is 2.72. The first-order valence-corrected chi connectivity index (χ1v) is 10.5. The van der Waals surface area contributed by atoms with Gasteiger partial charge in [-0.2, -0.15) is 9.29 Å². The number of amides is 1. The van der Waals surface area contributed by atoms with Crippen molar-refractivity contribution < 1.29 is 17.7 Å². The van der Waals surface area contributed by atoms with E-state index in [0.29, 0.717) is 10.6 Å². The minimum absolute atomic E-state index is 0.0107. The number of sulfonamides is 1. The lowest BCUT2D eigenvalue weighted by Gasteiger charge is -2.36. The van der Waals surface area contributed by atoms with Gasteiger partial charge in [-0.1, -0.05) is 34.4 Å². The van der Waals surface area contributed by atoms with E-state index in [1.165, 1.54) is 22.7 Å². The summed E-state index contributed by atoms with van der Waals surface area (Å²) in [5.74, 6) is -0.811. The number of benzene rings is 1. The molecule has 0 radical (unpaired) electrons. The SMILES string of the molecule is Cc1cc(S(=O)(=O)N2CC(c3nc(C4C=CC=NC4=O)no3)C2)c(Cl)cc1Cl. The Morgan fingerprint density at radius 1 is 1.21 bits per heavy atom. The van der Waals surface area contributed by atoms with Crippen LogP contribution in [0.3, 0.4) is 0 Å². The topological polar surface area (TPSA) is 106 Å². The number of rotatable bonds is 4. The van der Waals surface area contributed by atoms with Gasteiger partial charge in [0, 0.05) is 24.3 Å². The Labute approximate surface area is 170 Å². The smallest absolute Gasteiger partial charge is 0.260 e. The number of carbonyl (C=O) groups excluding carboxylic acids is 1. The number of aromatic nitrogens is 2. The van der Waals surface area contributed by atoms with Gasteiger partial charge in [0.2, 0.25) is 15.9 Å². The second kappa shape index (κ2) is 7.07. The predicted molar refractivity (Wildman–Crippen MR) is 102 cm³/mol. The van der Waals surface area contributed by atoms with Crippen LogP contribution in [0.2, 0.25) is 10.0 Å². The van der Waals surface area contributed by atoms with E-state index in [-0.39, 0.29) is 46.5 Å². The molecule has 2 aromatic rings. The number of carbonyl (C=O) groups is 1. The second-order valence-electron chi connectivity index (χ2n) is 6.52. The average Bonchev–Trinajstić information content (AvgIpc) is 3.06. The van der Waals surface area contributed by atoms with E-state index in [9.17, 15) is 13.2 Å². The number of nitrogens with zero attached hydrogens (tertiary/aromatic N) is 4. The maximum Gasteiger partial charge on any atom is 0.260 e. The Kier molecular flexibility index (Phi) is 4.86. The zero-order chi connectivity index (χ0) is 20.1. The van der Waals surface area contributed by atoms with Crippen LogP contribution in [0.5, 0.6) is 0 Å². The molecule has 4 rings (SSSR count). The summed E-state index contributed by atoms with van der Waals surface area (Å²) in [5, 5.41) is 4.31. The molecule has 8 nitrogen and oxygen atoms in total. The van der Waals surface area contributed by atoms with Crippen molar-refractivity contribution in [2.24, 2.45) is 4.99 Å². The maximum absolute atomic E-state index is 12.8. The minimum Gasteiger partial charge on any atom is -0.339 e. The van der Waals surface area contributed by atoms with Crippen LogP contribution >= 0.6 is 23.2 Å². The molecule has 1 aromatic heterocycles. The van der Waals surface area contributed by atoms with Crippen LogP contribution < -0.4 is 0 Å². The molecule has 2 aliphatic rings. The molecule has 28 heavy (non-hydrogen) atoms. The first kappa shape index (κ1) is 19.3. The molecule has 0 aliphatic carbocycles. The molecular weight excluding hydrogens is 427 g/mol. The van der Waals surface area contributed by atoms with Crippen LogP contribution in [0.25, 0.3) is 0 Å². The van der Waals surface area contributed by atoms with Gasteiger partial charge in [-0.15, -0.1) is 0 Å². The third kappa shape index (κ3) is 3.28. The monoisotopic (exact) mass is 440 g/mol. The summed E-state index contributed by atoms with van der Waals surface area (Å²) in [7, 11) is -3.77. The molecular formula is C17H14Cl2N4O4S. The molecule has 0 spiro atoms. The van der Waals surface area contributed by atoms with Gasteiger partial charge >= 0.3 is 0 Å². The Bertz CT molecular complexity index is 1120. The second-order valence-corrected chi connectivity index (χ2v) is 9.24. The molecule has 1 unspecified atom stereocenters. The van der Waals surface area contributed by atoms with Crippen molar-refractivity contribution >= 4 is 45.3 Å². The van der Waals surface area contributed by atoms with Crippen LogP contribution in [-0.2, 0) is 14.8 Å². The molecule has 0 N–H and O–H groups in total. The summed E-state index contributed by atoms with van der Waals surface area (Å²) in [4.78, 5) is 19.8. The van der Waals surface area contributed by atoms with E-state index in [4.69, 9.17) is 27.7 Å². The summed E-state index contributed by atoms with van der Waals surface area (Å²) in [5.41, 5.74) is 0.621. The van der Waals surface area contributed by atoms with Crippen molar-refractivity contribution in [1.82, 2.24) is 14.4 Å². The standard InChI is InChI=1S/C17H14Cl2N4O4S/c1-9-5-14(13(19)6-12(9)18)28(25,26)23-7-10(8-23)17-21-15(22-27-17)11-3-2-4-20-16(11)24/h2-6,10-11H,7-8H2,1H3. The third-order valence-electron chi connectivity index (χ3n) is 4.62. The maximum atomic E-state index is 12.8. The lowest BCUT2D eigenvalue weighted by molar-refractivity contribution is -0.118. The average molecular weight is 441 g/mol. The number of aliphatic imine (C=N–C) groups is 1. The van der Waals surface area contributed by atoms with E-state index in [2.05, 4.69) is 15.1 Å². The van der Waals surface area contributed by atoms with E-state index < -0.39 is 15.9 Å². The van der Waals surface area contributed by atoms with Crippen LogP contribution in [-0.4, -0.2) is 48.1 Å². The molecule has 1 amide bonds. The Morgan fingerprint density at radius 3 is 2.68 bits per heavy atom. The van der Waals surface area contributed by atoms with Crippen LogP contribution in [0.15, 0.2) is 38.7 Å². The highest BCUT2D eigenvalue weighted by Gasteiger charge is 2.41. The van der Waals surface area contributed by atoms with Gasteiger partial charge < -0.3 is 4.52 Å². The fraction of sp³-hybridized carbons (Fsp3) is 0.294. The first-order valence-electron chi connectivity index (χ1n) is 8.31. The number of dihydropyridines is 1. The molecule has 11 heteroatoms. The highest BCUT2D eigenvalue weighted by Crippen LogP contribution is 2.36. The molecule has 3 heterocycles. The lowest BCUT2D eigenvalue weighted by atomic mass is 10.0. The summed E-state index contributed by atoms with van der Waals surface area (Å²) in [6.45, 7) is 2.06. The zero-order valence-electron chi connectivity index (χ0n) is 14.5. The van der Waals surface area contributed by atoms with Gasteiger partial charge in [-0.3, -0.25) is 4.79 Å². The number of allylic oxidation sites excluding steroid dienone is 1. The Morgan fingerprint density at radius 2 is 1.96 bits per heavy atom. The molecule has 0 bridgehead atoms. The fourth-order valence-electron chi connectivity index (χ4n) is 2.93. The highest BCUT2D eigenvalue weighted by molar-refractivity contribution is 7.89. The number of hydrogen-bond donors (Lipinski definition) is 0. The van der Waals surface area contributed by atoms with E-state index in [1.54, 1.807) is 19.1 Å².